The van der Waals surface area contributed by atoms with Gasteiger partial charge in [0.2, 0.25) is 0 Å². The van der Waals surface area contributed by atoms with Crippen LogP contribution in [0.15, 0.2) is 0 Å². The highest BCUT2D eigenvalue weighted by molar-refractivity contribution is 4.91. The molecular weight excluding hydrogens is 162 g/mol. The predicted octanol–water partition coefficient (Wildman–Crippen LogP) is 2.32. The van der Waals surface area contributed by atoms with Gasteiger partial charge in [-0.2, -0.15) is 0 Å². The topological polar surface area (TPSA) is 35.2 Å². The Morgan fingerprint density at radius 1 is 1.31 bits per heavy atom. The first-order valence-corrected chi connectivity index (χ1v) is 5.50. The monoisotopic (exact) mass is 185 g/mol. The van der Waals surface area contributed by atoms with E-state index in [1.165, 1.54) is 32.1 Å². The summed E-state index contributed by atoms with van der Waals surface area (Å²) in [5, 5.41) is 0. The van der Waals surface area contributed by atoms with Crippen LogP contribution in [0.2, 0.25) is 0 Å². The van der Waals surface area contributed by atoms with Crippen molar-refractivity contribution in [3.05, 3.63) is 0 Å². The van der Waals surface area contributed by atoms with Crippen LogP contribution in [0.4, 0.5) is 0 Å². The molecule has 2 N–H and O–H groups in total. The minimum Gasteiger partial charge on any atom is -0.383 e. The molecule has 0 saturated heterocycles. The number of hydrogen-bond donors (Lipinski definition) is 1. The van der Waals surface area contributed by atoms with Crippen LogP contribution in [-0.2, 0) is 4.74 Å². The van der Waals surface area contributed by atoms with E-state index in [9.17, 15) is 0 Å². The molecule has 0 heterocycles. The van der Waals surface area contributed by atoms with Crippen LogP contribution in [0, 0.1) is 5.92 Å². The van der Waals surface area contributed by atoms with E-state index < -0.39 is 0 Å². The molecular formula is C11H23NO. The van der Waals surface area contributed by atoms with Gasteiger partial charge in [-0.25, -0.2) is 0 Å². The molecule has 0 aromatic heterocycles. The van der Waals surface area contributed by atoms with E-state index in [2.05, 4.69) is 6.92 Å². The van der Waals surface area contributed by atoms with Crippen LogP contribution < -0.4 is 5.73 Å². The van der Waals surface area contributed by atoms with Crippen LogP contribution in [-0.4, -0.2) is 19.3 Å². The zero-order chi connectivity index (χ0) is 9.73. The van der Waals surface area contributed by atoms with Crippen LogP contribution in [0.5, 0.6) is 0 Å². The van der Waals surface area contributed by atoms with Gasteiger partial charge in [0.05, 0.1) is 6.61 Å². The molecule has 2 heteroatoms. The molecule has 0 aliphatic heterocycles. The number of nitrogens with two attached hydrogens (primary N) is 1. The number of methoxy groups -OCH3 is 1. The molecule has 1 unspecified atom stereocenters. The lowest BCUT2D eigenvalue weighted by atomic mass is 9.74. The van der Waals surface area contributed by atoms with E-state index in [1.54, 1.807) is 7.11 Å². The summed E-state index contributed by atoms with van der Waals surface area (Å²) in [5.41, 5.74) is 6.30. The largest absolute Gasteiger partial charge is 0.383 e. The highest BCUT2D eigenvalue weighted by Crippen LogP contribution is 2.33. The second-order valence-electron chi connectivity index (χ2n) is 4.35. The maximum absolute atomic E-state index is 6.36. The molecule has 13 heavy (non-hydrogen) atoms. The van der Waals surface area contributed by atoms with Crippen molar-refractivity contribution in [2.24, 2.45) is 11.7 Å². The predicted molar refractivity (Wildman–Crippen MR) is 55.7 cm³/mol. The third-order valence-electron chi connectivity index (χ3n) is 3.49. The highest BCUT2D eigenvalue weighted by Gasteiger charge is 2.33. The molecule has 1 atom stereocenters. The Hall–Kier alpha value is -0.0800. The molecule has 0 aromatic carbocycles. The summed E-state index contributed by atoms with van der Waals surface area (Å²) in [6.45, 7) is 2.89. The van der Waals surface area contributed by atoms with Crippen LogP contribution in [0.25, 0.3) is 0 Å². The average molecular weight is 185 g/mol. The van der Waals surface area contributed by atoms with Crippen molar-refractivity contribution in [3.63, 3.8) is 0 Å². The van der Waals surface area contributed by atoms with Crippen LogP contribution in [0.3, 0.4) is 0 Å². The van der Waals surface area contributed by atoms with Crippen molar-refractivity contribution in [2.45, 2.75) is 51.0 Å². The molecule has 78 valence electrons. The summed E-state index contributed by atoms with van der Waals surface area (Å²) in [5.74, 6) is 0.686. The highest BCUT2D eigenvalue weighted by atomic mass is 16.5. The van der Waals surface area contributed by atoms with Crippen molar-refractivity contribution in [3.8, 4) is 0 Å². The van der Waals surface area contributed by atoms with E-state index in [1.807, 2.05) is 0 Å². The van der Waals surface area contributed by atoms with Gasteiger partial charge in [0.25, 0.3) is 0 Å². The van der Waals surface area contributed by atoms with Crippen molar-refractivity contribution >= 4 is 0 Å². The fraction of sp³-hybridized carbons (Fsp3) is 1.00. The minimum atomic E-state index is -0.0603. The SMILES string of the molecule is CCC(N)(COC)C1CCCCC1. The summed E-state index contributed by atoms with van der Waals surface area (Å²) in [6.07, 6.45) is 7.73. The summed E-state index contributed by atoms with van der Waals surface area (Å²) in [6, 6.07) is 0. The van der Waals surface area contributed by atoms with E-state index in [-0.39, 0.29) is 5.54 Å². The molecule has 0 bridgehead atoms. The Kier molecular flexibility index (Phi) is 4.20. The summed E-state index contributed by atoms with van der Waals surface area (Å²) >= 11 is 0. The maximum Gasteiger partial charge on any atom is 0.0645 e. The van der Waals surface area contributed by atoms with Crippen LogP contribution >= 0.6 is 0 Å². The van der Waals surface area contributed by atoms with Gasteiger partial charge in [0, 0.05) is 12.6 Å². The second-order valence-corrected chi connectivity index (χ2v) is 4.35. The lowest BCUT2D eigenvalue weighted by molar-refractivity contribution is 0.0759. The van der Waals surface area contributed by atoms with E-state index in [0.29, 0.717) is 12.5 Å². The zero-order valence-corrected chi connectivity index (χ0v) is 9.01. The molecule has 1 fully saturated rings. The van der Waals surface area contributed by atoms with Gasteiger partial charge in [-0.05, 0) is 25.2 Å². The van der Waals surface area contributed by atoms with Crippen molar-refractivity contribution in [1.82, 2.24) is 0 Å². The lowest BCUT2D eigenvalue weighted by Gasteiger charge is -2.38. The Labute approximate surface area is 81.8 Å². The lowest BCUT2D eigenvalue weighted by Crippen LogP contribution is -2.51. The first-order chi connectivity index (χ1) is 6.23. The number of hydrogen-bond acceptors (Lipinski definition) is 2. The molecule has 1 rings (SSSR count). The Balaban J connectivity index is 2.51. The standard InChI is InChI=1S/C11H23NO/c1-3-11(12,9-13-2)10-7-5-4-6-8-10/h10H,3-9,12H2,1-2H3. The third kappa shape index (κ3) is 2.68. The quantitative estimate of drug-likeness (QED) is 0.729. The summed E-state index contributed by atoms with van der Waals surface area (Å²) in [7, 11) is 1.75. The first kappa shape index (κ1) is 11.0. The van der Waals surface area contributed by atoms with Crippen LogP contribution in [0.1, 0.15) is 45.4 Å². The molecule has 0 spiro atoms. The maximum atomic E-state index is 6.36. The summed E-state index contributed by atoms with van der Waals surface area (Å²) < 4.78 is 5.23. The van der Waals surface area contributed by atoms with Gasteiger partial charge in [0.15, 0.2) is 0 Å². The first-order valence-electron chi connectivity index (χ1n) is 5.50. The molecule has 1 saturated carbocycles. The van der Waals surface area contributed by atoms with Gasteiger partial charge in [0.1, 0.15) is 0 Å². The molecule has 0 amide bonds. The van der Waals surface area contributed by atoms with Crippen molar-refractivity contribution in [2.75, 3.05) is 13.7 Å². The van der Waals surface area contributed by atoms with Crippen molar-refractivity contribution in [1.29, 1.82) is 0 Å². The molecule has 1 aliphatic rings. The van der Waals surface area contributed by atoms with Gasteiger partial charge in [-0.1, -0.05) is 26.2 Å². The smallest absolute Gasteiger partial charge is 0.0645 e. The van der Waals surface area contributed by atoms with E-state index in [0.717, 1.165) is 6.42 Å². The number of rotatable bonds is 4. The molecule has 2 nitrogen and oxygen atoms in total. The van der Waals surface area contributed by atoms with E-state index in [4.69, 9.17) is 10.5 Å². The molecule has 1 aliphatic carbocycles. The summed E-state index contributed by atoms with van der Waals surface area (Å²) in [4.78, 5) is 0. The zero-order valence-electron chi connectivity index (χ0n) is 9.01. The fourth-order valence-corrected chi connectivity index (χ4v) is 2.45. The van der Waals surface area contributed by atoms with E-state index >= 15 is 0 Å². The molecule has 0 radical (unpaired) electrons. The van der Waals surface area contributed by atoms with Crippen molar-refractivity contribution < 1.29 is 4.74 Å². The van der Waals surface area contributed by atoms with Gasteiger partial charge in [-0.15, -0.1) is 0 Å². The van der Waals surface area contributed by atoms with Gasteiger partial charge < -0.3 is 10.5 Å². The second kappa shape index (κ2) is 4.97. The molecule has 0 aromatic rings. The van der Waals surface area contributed by atoms with Gasteiger partial charge >= 0.3 is 0 Å². The third-order valence-corrected chi connectivity index (χ3v) is 3.49. The Morgan fingerprint density at radius 2 is 1.92 bits per heavy atom. The number of ether oxygens (including phenoxy) is 1. The Morgan fingerprint density at radius 3 is 2.38 bits per heavy atom. The Bertz CT molecular complexity index is 143. The van der Waals surface area contributed by atoms with Gasteiger partial charge in [-0.3, -0.25) is 0 Å². The fourth-order valence-electron chi connectivity index (χ4n) is 2.45. The normalized spacial score (nSPS) is 24.2. The minimum absolute atomic E-state index is 0.0603. The average Bonchev–Trinajstić information content (AvgIpc) is 2.19.